The molecular weight excluding hydrogens is 245 g/mol. The third kappa shape index (κ3) is 4.63. The Balaban J connectivity index is 1.73. The zero-order chi connectivity index (χ0) is 13.7. The van der Waals surface area contributed by atoms with E-state index in [0.29, 0.717) is 12.5 Å². The molecule has 0 bridgehead atoms. The monoisotopic (exact) mass is 265 g/mol. The van der Waals surface area contributed by atoms with Gasteiger partial charge < -0.3 is 10.4 Å². The highest BCUT2D eigenvalue weighted by Crippen LogP contribution is 2.23. The van der Waals surface area contributed by atoms with Crippen LogP contribution in [0.3, 0.4) is 0 Å². The minimum atomic E-state index is -0.291. The first-order valence-corrected chi connectivity index (χ1v) is 6.82. The highest BCUT2D eigenvalue weighted by Gasteiger charge is 2.20. The molecule has 1 saturated carbocycles. The van der Waals surface area contributed by atoms with Crippen LogP contribution in [0.15, 0.2) is 24.3 Å². The summed E-state index contributed by atoms with van der Waals surface area (Å²) in [6, 6.07) is 5.97. The van der Waals surface area contributed by atoms with Crippen LogP contribution in [-0.4, -0.2) is 23.7 Å². The van der Waals surface area contributed by atoms with Crippen LogP contribution in [0.5, 0.6) is 0 Å². The molecule has 0 aromatic heterocycles. The highest BCUT2D eigenvalue weighted by atomic mass is 19.1. The molecule has 1 aliphatic rings. The second kappa shape index (κ2) is 6.66. The number of nitrogens with one attached hydrogen (secondary N) is 1. The minimum Gasteiger partial charge on any atom is -0.393 e. The van der Waals surface area contributed by atoms with Gasteiger partial charge in [-0.15, -0.1) is 0 Å². The van der Waals surface area contributed by atoms with Crippen LogP contribution >= 0.6 is 0 Å². The van der Waals surface area contributed by atoms with Gasteiger partial charge >= 0.3 is 0 Å². The average Bonchev–Trinajstić information content (AvgIpc) is 2.39. The van der Waals surface area contributed by atoms with Crippen molar-refractivity contribution in [2.45, 2.75) is 38.2 Å². The molecule has 0 spiro atoms. The zero-order valence-electron chi connectivity index (χ0n) is 10.9. The van der Waals surface area contributed by atoms with Crippen molar-refractivity contribution in [3.05, 3.63) is 35.6 Å². The van der Waals surface area contributed by atoms with Crippen LogP contribution in [0.1, 0.15) is 31.2 Å². The van der Waals surface area contributed by atoms with E-state index in [4.69, 9.17) is 0 Å². The molecule has 0 heterocycles. The van der Waals surface area contributed by atoms with Crippen molar-refractivity contribution in [3.8, 4) is 0 Å². The van der Waals surface area contributed by atoms with Gasteiger partial charge in [-0.05, 0) is 42.9 Å². The third-order valence-electron chi connectivity index (χ3n) is 3.62. The van der Waals surface area contributed by atoms with Crippen molar-refractivity contribution < 1.29 is 14.3 Å². The maximum atomic E-state index is 12.7. The second-order valence-electron chi connectivity index (χ2n) is 5.29. The van der Waals surface area contributed by atoms with E-state index < -0.39 is 0 Å². The highest BCUT2D eigenvalue weighted by molar-refractivity contribution is 5.78. The molecule has 2 rings (SSSR count). The fraction of sp³-hybridized carbons (Fsp3) is 0.533. The minimum absolute atomic E-state index is 0.0494. The summed E-state index contributed by atoms with van der Waals surface area (Å²) in [6.07, 6.45) is 3.80. The Morgan fingerprint density at radius 1 is 1.32 bits per heavy atom. The van der Waals surface area contributed by atoms with Gasteiger partial charge in [-0.25, -0.2) is 4.39 Å². The first-order valence-electron chi connectivity index (χ1n) is 6.82. The largest absolute Gasteiger partial charge is 0.393 e. The number of hydrogen-bond donors (Lipinski definition) is 2. The molecule has 0 radical (unpaired) electrons. The van der Waals surface area contributed by atoms with E-state index in [9.17, 15) is 14.3 Å². The normalized spacial score (nSPS) is 23.1. The van der Waals surface area contributed by atoms with Gasteiger partial charge in [-0.2, -0.15) is 0 Å². The zero-order valence-corrected chi connectivity index (χ0v) is 10.9. The van der Waals surface area contributed by atoms with E-state index in [1.165, 1.54) is 12.1 Å². The maximum Gasteiger partial charge on any atom is 0.224 e. The van der Waals surface area contributed by atoms with Gasteiger partial charge in [0.05, 0.1) is 12.5 Å². The second-order valence-corrected chi connectivity index (χ2v) is 5.29. The van der Waals surface area contributed by atoms with Crippen LogP contribution in [0, 0.1) is 11.7 Å². The fourth-order valence-corrected chi connectivity index (χ4v) is 2.56. The Kier molecular flexibility index (Phi) is 4.91. The van der Waals surface area contributed by atoms with Crippen molar-refractivity contribution in [2.24, 2.45) is 5.92 Å². The Labute approximate surface area is 112 Å². The molecular formula is C15H20FNO2. The molecule has 0 saturated heterocycles. The maximum absolute atomic E-state index is 12.7. The summed E-state index contributed by atoms with van der Waals surface area (Å²) in [7, 11) is 0. The van der Waals surface area contributed by atoms with Crippen molar-refractivity contribution in [1.29, 1.82) is 0 Å². The van der Waals surface area contributed by atoms with Crippen molar-refractivity contribution in [3.63, 3.8) is 0 Å². The van der Waals surface area contributed by atoms with Crippen molar-refractivity contribution in [1.82, 2.24) is 5.32 Å². The summed E-state index contributed by atoms with van der Waals surface area (Å²) in [5.74, 6) is 0.0351. The molecule has 104 valence electrons. The van der Waals surface area contributed by atoms with Crippen LogP contribution in [0.4, 0.5) is 4.39 Å². The van der Waals surface area contributed by atoms with Crippen LogP contribution < -0.4 is 5.32 Å². The van der Waals surface area contributed by atoms with Gasteiger partial charge in [-0.1, -0.05) is 18.6 Å². The fourth-order valence-electron chi connectivity index (χ4n) is 2.56. The number of hydrogen-bond acceptors (Lipinski definition) is 2. The Morgan fingerprint density at radius 3 is 2.74 bits per heavy atom. The molecule has 2 atom stereocenters. The quantitative estimate of drug-likeness (QED) is 0.875. The summed E-state index contributed by atoms with van der Waals surface area (Å²) >= 11 is 0. The average molecular weight is 265 g/mol. The van der Waals surface area contributed by atoms with Gasteiger partial charge in [0.25, 0.3) is 0 Å². The SMILES string of the molecule is O=C(Cc1ccc(F)cc1)NCC1CCCC(O)C1. The molecule has 1 aromatic carbocycles. The van der Waals surface area contributed by atoms with Crippen LogP contribution in [0.25, 0.3) is 0 Å². The lowest BCUT2D eigenvalue weighted by Crippen LogP contribution is -2.33. The number of carbonyl (C=O) groups is 1. The summed E-state index contributed by atoms with van der Waals surface area (Å²) in [6.45, 7) is 0.622. The molecule has 1 fully saturated rings. The molecule has 1 amide bonds. The number of carbonyl (C=O) groups excluding carboxylic acids is 1. The van der Waals surface area contributed by atoms with Gasteiger partial charge in [0.15, 0.2) is 0 Å². The molecule has 1 aliphatic carbocycles. The Bertz CT molecular complexity index is 419. The number of amides is 1. The predicted octanol–water partition coefficient (Wildman–Crippen LogP) is 2.04. The molecule has 1 aromatic rings. The molecule has 19 heavy (non-hydrogen) atoms. The lowest BCUT2D eigenvalue weighted by Gasteiger charge is -2.25. The van der Waals surface area contributed by atoms with Crippen molar-refractivity contribution in [2.75, 3.05) is 6.54 Å². The summed E-state index contributed by atoms with van der Waals surface area (Å²) < 4.78 is 12.7. The van der Waals surface area contributed by atoms with Crippen LogP contribution in [-0.2, 0) is 11.2 Å². The van der Waals surface area contributed by atoms with Gasteiger partial charge in [0.1, 0.15) is 5.82 Å². The van der Waals surface area contributed by atoms with E-state index in [1.54, 1.807) is 12.1 Å². The number of aliphatic hydroxyl groups is 1. The summed E-state index contributed by atoms with van der Waals surface area (Å²) in [5.41, 5.74) is 0.808. The van der Waals surface area contributed by atoms with Crippen LogP contribution in [0.2, 0.25) is 0 Å². The summed E-state index contributed by atoms with van der Waals surface area (Å²) in [5, 5.41) is 12.5. The third-order valence-corrected chi connectivity index (χ3v) is 3.62. The number of rotatable bonds is 4. The van der Waals surface area contributed by atoms with E-state index in [0.717, 1.165) is 31.2 Å². The number of aliphatic hydroxyl groups excluding tert-OH is 1. The molecule has 3 nitrogen and oxygen atoms in total. The topological polar surface area (TPSA) is 49.3 Å². The molecule has 2 N–H and O–H groups in total. The Morgan fingerprint density at radius 2 is 2.05 bits per heavy atom. The molecule has 4 heteroatoms. The van der Waals surface area contributed by atoms with Crippen molar-refractivity contribution >= 4 is 5.91 Å². The first kappa shape index (κ1) is 14.0. The lowest BCUT2D eigenvalue weighted by molar-refractivity contribution is -0.120. The lowest BCUT2D eigenvalue weighted by atomic mass is 9.87. The van der Waals surface area contributed by atoms with E-state index in [1.807, 2.05) is 0 Å². The molecule has 0 aliphatic heterocycles. The number of benzene rings is 1. The smallest absolute Gasteiger partial charge is 0.224 e. The molecule has 2 unspecified atom stereocenters. The van der Waals surface area contributed by atoms with Gasteiger partial charge in [0, 0.05) is 6.54 Å². The summed E-state index contributed by atoms with van der Waals surface area (Å²) in [4.78, 5) is 11.8. The Hall–Kier alpha value is -1.42. The first-order chi connectivity index (χ1) is 9.13. The van der Waals surface area contributed by atoms with E-state index in [-0.39, 0.29) is 24.2 Å². The predicted molar refractivity (Wildman–Crippen MR) is 71.1 cm³/mol. The van der Waals surface area contributed by atoms with E-state index in [2.05, 4.69) is 5.32 Å². The van der Waals surface area contributed by atoms with Gasteiger partial charge in [-0.3, -0.25) is 4.79 Å². The number of halogens is 1. The standard InChI is InChI=1S/C15H20FNO2/c16-13-6-4-11(5-7-13)9-15(19)17-10-12-2-1-3-14(18)8-12/h4-7,12,14,18H,1-3,8-10H2,(H,17,19). The van der Waals surface area contributed by atoms with E-state index >= 15 is 0 Å². The van der Waals surface area contributed by atoms with Gasteiger partial charge in [0.2, 0.25) is 5.91 Å².